The molecular formula is C12H17N3O. The van der Waals surface area contributed by atoms with Crippen molar-refractivity contribution in [2.45, 2.75) is 32.5 Å². The van der Waals surface area contributed by atoms with Crippen molar-refractivity contribution in [2.24, 2.45) is 0 Å². The minimum absolute atomic E-state index is 0.221. The Balaban J connectivity index is 2.71. The number of nitrogens with zero attached hydrogens (tertiary/aromatic N) is 1. The highest BCUT2D eigenvalue weighted by atomic mass is 16.3. The van der Waals surface area contributed by atoms with Crippen molar-refractivity contribution in [3.63, 3.8) is 0 Å². The third-order valence-corrected chi connectivity index (χ3v) is 2.19. The maximum Gasteiger partial charge on any atom is 0.109 e. The van der Waals surface area contributed by atoms with E-state index in [9.17, 15) is 5.11 Å². The van der Waals surface area contributed by atoms with Crippen LogP contribution in [0.1, 0.15) is 25.0 Å². The molecule has 4 nitrogen and oxygen atoms in total. The lowest BCUT2D eigenvalue weighted by molar-refractivity contribution is 0.127. The number of aliphatic hydroxyl groups is 1. The van der Waals surface area contributed by atoms with E-state index in [0.29, 0.717) is 17.7 Å². The van der Waals surface area contributed by atoms with E-state index >= 15 is 0 Å². The first kappa shape index (κ1) is 12.5. The third-order valence-electron chi connectivity index (χ3n) is 2.19. The molecule has 0 fully saturated rings. The second-order valence-corrected chi connectivity index (χ2v) is 4.07. The fraction of sp³-hybridized carbons (Fsp3) is 0.417. The number of hydrogen-bond acceptors (Lipinski definition) is 4. The third kappa shape index (κ3) is 3.54. The SMILES string of the molecule is CC(C)NC(O)Cc1ccc(N)c(C#N)c1. The first-order valence-electron chi connectivity index (χ1n) is 5.25. The van der Waals surface area contributed by atoms with Gasteiger partial charge in [0.2, 0.25) is 0 Å². The summed E-state index contributed by atoms with van der Waals surface area (Å²) in [5.41, 5.74) is 7.43. The zero-order valence-electron chi connectivity index (χ0n) is 9.57. The van der Waals surface area contributed by atoms with E-state index < -0.39 is 6.23 Å². The lowest BCUT2D eigenvalue weighted by Gasteiger charge is -2.15. The minimum atomic E-state index is -0.602. The largest absolute Gasteiger partial charge is 0.398 e. The van der Waals surface area contributed by atoms with Crippen LogP contribution >= 0.6 is 0 Å². The van der Waals surface area contributed by atoms with Gasteiger partial charge in [-0.2, -0.15) is 5.26 Å². The van der Waals surface area contributed by atoms with E-state index in [1.165, 1.54) is 0 Å². The van der Waals surface area contributed by atoms with Crippen LogP contribution in [0.15, 0.2) is 18.2 Å². The van der Waals surface area contributed by atoms with Crippen LogP contribution in [0.25, 0.3) is 0 Å². The van der Waals surface area contributed by atoms with Gasteiger partial charge in [-0.15, -0.1) is 0 Å². The second-order valence-electron chi connectivity index (χ2n) is 4.07. The van der Waals surface area contributed by atoms with Gasteiger partial charge < -0.3 is 10.8 Å². The number of nitrogens with one attached hydrogen (secondary N) is 1. The van der Waals surface area contributed by atoms with Crippen molar-refractivity contribution in [3.05, 3.63) is 29.3 Å². The van der Waals surface area contributed by atoms with Crippen LogP contribution in [0.5, 0.6) is 0 Å². The molecular weight excluding hydrogens is 202 g/mol. The summed E-state index contributed by atoms with van der Waals surface area (Å²) in [7, 11) is 0. The van der Waals surface area contributed by atoms with Crippen molar-refractivity contribution in [3.8, 4) is 6.07 Å². The van der Waals surface area contributed by atoms with E-state index in [0.717, 1.165) is 5.56 Å². The van der Waals surface area contributed by atoms with Gasteiger partial charge >= 0.3 is 0 Å². The molecule has 0 aliphatic rings. The number of anilines is 1. The van der Waals surface area contributed by atoms with Gasteiger partial charge in [0, 0.05) is 18.2 Å². The number of benzene rings is 1. The number of nitriles is 1. The van der Waals surface area contributed by atoms with Gasteiger partial charge in [-0.25, -0.2) is 0 Å². The van der Waals surface area contributed by atoms with Gasteiger partial charge in [0.15, 0.2) is 0 Å². The van der Waals surface area contributed by atoms with E-state index in [4.69, 9.17) is 11.0 Å². The molecule has 0 saturated carbocycles. The summed E-state index contributed by atoms with van der Waals surface area (Å²) >= 11 is 0. The number of nitrogen functional groups attached to an aromatic ring is 1. The molecule has 0 bridgehead atoms. The zero-order chi connectivity index (χ0) is 12.1. The van der Waals surface area contributed by atoms with Crippen LogP contribution in [0.3, 0.4) is 0 Å². The monoisotopic (exact) mass is 219 g/mol. The van der Waals surface area contributed by atoms with Gasteiger partial charge in [0.1, 0.15) is 12.3 Å². The molecule has 0 heterocycles. The summed E-state index contributed by atoms with van der Waals surface area (Å²) < 4.78 is 0. The Bertz CT molecular complexity index is 396. The quantitative estimate of drug-likeness (QED) is 0.521. The molecule has 1 rings (SSSR count). The van der Waals surface area contributed by atoms with Crippen LogP contribution in [0.2, 0.25) is 0 Å². The summed E-state index contributed by atoms with van der Waals surface area (Å²) in [5.74, 6) is 0. The summed E-state index contributed by atoms with van der Waals surface area (Å²) in [5, 5.41) is 21.5. The van der Waals surface area contributed by atoms with Crippen LogP contribution in [-0.4, -0.2) is 17.4 Å². The Morgan fingerprint density at radius 3 is 2.75 bits per heavy atom. The molecule has 16 heavy (non-hydrogen) atoms. The molecule has 1 aromatic rings. The lowest BCUT2D eigenvalue weighted by Crippen LogP contribution is -2.36. The maximum atomic E-state index is 9.68. The minimum Gasteiger partial charge on any atom is -0.398 e. The molecule has 1 atom stereocenters. The highest BCUT2D eigenvalue weighted by molar-refractivity contribution is 5.55. The molecule has 4 N–H and O–H groups in total. The molecule has 0 aliphatic heterocycles. The van der Waals surface area contributed by atoms with Crippen molar-refractivity contribution < 1.29 is 5.11 Å². The molecule has 4 heteroatoms. The van der Waals surface area contributed by atoms with Crippen molar-refractivity contribution in [1.82, 2.24) is 5.32 Å². The predicted octanol–water partition coefficient (Wildman–Crippen LogP) is 0.999. The van der Waals surface area contributed by atoms with Crippen molar-refractivity contribution in [2.75, 3.05) is 5.73 Å². The fourth-order valence-electron chi connectivity index (χ4n) is 1.49. The average molecular weight is 219 g/mol. The van der Waals surface area contributed by atoms with Gasteiger partial charge in [0.05, 0.1) is 5.56 Å². The Hall–Kier alpha value is -1.57. The second kappa shape index (κ2) is 5.50. The first-order valence-corrected chi connectivity index (χ1v) is 5.25. The molecule has 86 valence electrons. The summed E-state index contributed by atoms with van der Waals surface area (Å²) in [4.78, 5) is 0. The smallest absolute Gasteiger partial charge is 0.109 e. The maximum absolute atomic E-state index is 9.68. The Morgan fingerprint density at radius 1 is 1.50 bits per heavy atom. The molecule has 1 aromatic carbocycles. The molecule has 0 amide bonds. The number of aliphatic hydroxyl groups excluding tert-OH is 1. The van der Waals surface area contributed by atoms with Crippen molar-refractivity contribution >= 4 is 5.69 Å². The summed E-state index contributed by atoms with van der Waals surface area (Å²) in [6.45, 7) is 3.93. The lowest BCUT2D eigenvalue weighted by atomic mass is 10.1. The zero-order valence-corrected chi connectivity index (χ0v) is 9.57. The van der Waals surface area contributed by atoms with Gasteiger partial charge in [-0.3, -0.25) is 5.32 Å². The molecule has 0 saturated heterocycles. The molecule has 1 unspecified atom stereocenters. The summed E-state index contributed by atoms with van der Waals surface area (Å²) in [6.07, 6.45) is -0.136. The number of rotatable bonds is 4. The Kier molecular flexibility index (Phi) is 4.29. The standard InChI is InChI=1S/C12H17N3O/c1-8(2)15-12(16)6-9-3-4-11(14)10(5-9)7-13/h3-5,8,12,15-16H,6,14H2,1-2H3. The topological polar surface area (TPSA) is 82.1 Å². The molecule has 0 aliphatic carbocycles. The molecule has 0 radical (unpaired) electrons. The Labute approximate surface area is 95.7 Å². The molecule has 0 spiro atoms. The van der Waals surface area contributed by atoms with Crippen LogP contribution in [0.4, 0.5) is 5.69 Å². The van der Waals surface area contributed by atoms with Crippen LogP contribution in [0, 0.1) is 11.3 Å². The fourth-order valence-corrected chi connectivity index (χ4v) is 1.49. The van der Waals surface area contributed by atoms with E-state index in [1.807, 2.05) is 26.0 Å². The van der Waals surface area contributed by atoms with Crippen LogP contribution in [-0.2, 0) is 6.42 Å². The van der Waals surface area contributed by atoms with Gasteiger partial charge in [0.25, 0.3) is 0 Å². The first-order chi connectivity index (χ1) is 7.52. The van der Waals surface area contributed by atoms with Crippen LogP contribution < -0.4 is 11.1 Å². The van der Waals surface area contributed by atoms with E-state index in [-0.39, 0.29) is 6.04 Å². The Morgan fingerprint density at radius 2 is 2.19 bits per heavy atom. The van der Waals surface area contributed by atoms with Gasteiger partial charge in [-0.1, -0.05) is 6.07 Å². The van der Waals surface area contributed by atoms with E-state index in [2.05, 4.69) is 5.32 Å². The molecule has 0 aromatic heterocycles. The highest BCUT2D eigenvalue weighted by Gasteiger charge is 2.08. The van der Waals surface area contributed by atoms with Crippen molar-refractivity contribution in [1.29, 1.82) is 5.26 Å². The van der Waals surface area contributed by atoms with Gasteiger partial charge in [-0.05, 0) is 31.5 Å². The number of hydrogen-bond donors (Lipinski definition) is 3. The normalized spacial score (nSPS) is 12.4. The summed E-state index contributed by atoms with van der Waals surface area (Å²) in [6, 6.07) is 7.46. The van der Waals surface area contributed by atoms with E-state index in [1.54, 1.807) is 12.1 Å². The predicted molar refractivity (Wildman–Crippen MR) is 63.6 cm³/mol. The highest BCUT2D eigenvalue weighted by Crippen LogP contribution is 2.14. The number of nitrogens with two attached hydrogens (primary N) is 1. The average Bonchev–Trinajstić information content (AvgIpc) is 2.19.